The average Bonchev–Trinajstić information content (AvgIpc) is 3.15. The molecule has 132 valence electrons. The van der Waals surface area contributed by atoms with Crippen molar-refractivity contribution >= 4 is 5.91 Å². The summed E-state index contributed by atoms with van der Waals surface area (Å²) >= 11 is 0. The van der Waals surface area contributed by atoms with Gasteiger partial charge in [-0.15, -0.1) is 0 Å². The number of amides is 1. The van der Waals surface area contributed by atoms with Gasteiger partial charge in [-0.25, -0.2) is 9.97 Å². The Hall–Kier alpha value is -2.41. The Morgan fingerprint density at radius 1 is 1.36 bits per heavy atom. The van der Waals surface area contributed by atoms with Gasteiger partial charge >= 0.3 is 0 Å². The lowest BCUT2D eigenvalue weighted by atomic mass is 9.79. The number of rotatable bonds is 5. The highest BCUT2D eigenvalue weighted by Gasteiger charge is 2.49. The van der Waals surface area contributed by atoms with E-state index >= 15 is 0 Å². The Kier molecular flexibility index (Phi) is 4.40. The summed E-state index contributed by atoms with van der Waals surface area (Å²) in [5, 5.41) is 0. The Labute approximate surface area is 146 Å². The van der Waals surface area contributed by atoms with Crippen molar-refractivity contribution in [3.05, 3.63) is 42.7 Å². The van der Waals surface area contributed by atoms with E-state index in [9.17, 15) is 4.79 Å². The van der Waals surface area contributed by atoms with Crippen LogP contribution < -0.4 is 4.74 Å². The van der Waals surface area contributed by atoms with E-state index in [4.69, 9.17) is 13.9 Å². The molecule has 25 heavy (non-hydrogen) atoms. The SMILES string of the molecule is O=C(c1cocn1)N1CC2(C[C@H](CCOc3ccccn3)CCO2)C1. The fourth-order valence-corrected chi connectivity index (χ4v) is 3.63. The molecule has 2 aromatic rings. The Morgan fingerprint density at radius 2 is 2.28 bits per heavy atom. The number of likely N-dealkylation sites (tertiary alicyclic amines) is 1. The van der Waals surface area contributed by atoms with E-state index in [-0.39, 0.29) is 11.5 Å². The Balaban J connectivity index is 1.25. The summed E-state index contributed by atoms with van der Waals surface area (Å²) in [6.07, 6.45) is 7.35. The van der Waals surface area contributed by atoms with Gasteiger partial charge in [0, 0.05) is 18.9 Å². The van der Waals surface area contributed by atoms with Gasteiger partial charge in [-0.05, 0) is 31.2 Å². The van der Waals surface area contributed by atoms with Crippen LogP contribution in [0.1, 0.15) is 29.8 Å². The Bertz CT molecular complexity index is 698. The summed E-state index contributed by atoms with van der Waals surface area (Å²) < 4.78 is 16.6. The minimum Gasteiger partial charge on any atom is -0.478 e. The summed E-state index contributed by atoms with van der Waals surface area (Å²) in [4.78, 5) is 22.1. The van der Waals surface area contributed by atoms with E-state index < -0.39 is 0 Å². The number of ether oxygens (including phenoxy) is 2. The predicted molar refractivity (Wildman–Crippen MR) is 88.2 cm³/mol. The summed E-state index contributed by atoms with van der Waals surface area (Å²) in [5.74, 6) is 1.11. The summed E-state index contributed by atoms with van der Waals surface area (Å²) in [7, 11) is 0. The average molecular weight is 343 g/mol. The van der Waals surface area contributed by atoms with Crippen molar-refractivity contribution in [1.82, 2.24) is 14.9 Å². The maximum absolute atomic E-state index is 12.2. The van der Waals surface area contributed by atoms with E-state index in [2.05, 4.69) is 9.97 Å². The molecule has 1 atom stereocenters. The number of nitrogens with zero attached hydrogens (tertiary/aromatic N) is 3. The predicted octanol–water partition coefficient (Wildman–Crippen LogP) is 2.16. The van der Waals surface area contributed by atoms with Crippen LogP contribution in [0.25, 0.3) is 0 Å². The van der Waals surface area contributed by atoms with E-state index in [1.54, 1.807) is 11.1 Å². The first kappa shape index (κ1) is 16.1. The van der Waals surface area contributed by atoms with Gasteiger partial charge in [0.25, 0.3) is 5.91 Å². The van der Waals surface area contributed by atoms with Crippen molar-refractivity contribution in [2.24, 2.45) is 5.92 Å². The largest absolute Gasteiger partial charge is 0.478 e. The maximum Gasteiger partial charge on any atom is 0.276 e. The van der Waals surface area contributed by atoms with Crippen molar-refractivity contribution in [3.63, 3.8) is 0 Å². The maximum atomic E-state index is 12.2. The first-order chi connectivity index (χ1) is 12.2. The monoisotopic (exact) mass is 343 g/mol. The van der Waals surface area contributed by atoms with Gasteiger partial charge in [-0.2, -0.15) is 0 Å². The zero-order chi connectivity index (χ0) is 17.1. The molecule has 0 aliphatic carbocycles. The number of hydrogen-bond acceptors (Lipinski definition) is 6. The normalized spacial score (nSPS) is 21.8. The molecule has 7 nitrogen and oxygen atoms in total. The fourth-order valence-electron chi connectivity index (χ4n) is 3.63. The molecule has 7 heteroatoms. The second-order valence-electron chi connectivity index (χ2n) is 6.73. The molecule has 0 N–H and O–H groups in total. The molecular weight excluding hydrogens is 322 g/mol. The second kappa shape index (κ2) is 6.84. The van der Waals surface area contributed by atoms with Crippen molar-refractivity contribution in [2.75, 3.05) is 26.3 Å². The van der Waals surface area contributed by atoms with E-state index in [0.717, 1.165) is 25.9 Å². The van der Waals surface area contributed by atoms with Crippen molar-refractivity contribution in [1.29, 1.82) is 0 Å². The number of pyridine rings is 1. The van der Waals surface area contributed by atoms with Crippen LogP contribution in [-0.4, -0.2) is 52.7 Å². The first-order valence-corrected chi connectivity index (χ1v) is 8.59. The smallest absolute Gasteiger partial charge is 0.276 e. The molecule has 0 radical (unpaired) electrons. The highest BCUT2D eigenvalue weighted by atomic mass is 16.5. The van der Waals surface area contributed by atoms with Crippen LogP contribution in [0, 0.1) is 5.92 Å². The van der Waals surface area contributed by atoms with Gasteiger partial charge in [0.05, 0.1) is 19.7 Å². The number of aromatic nitrogens is 2. The molecule has 0 unspecified atom stereocenters. The zero-order valence-electron chi connectivity index (χ0n) is 14.0. The van der Waals surface area contributed by atoms with Crippen LogP contribution in [0.4, 0.5) is 0 Å². The number of carbonyl (C=O) groups excluding carboxylic acids is 1. The summed E-state index contributed by atoms with van der Waals surface area (Å²) in [6.45, 7) is 2.63. The highest BCUT2D eigenvalue weighted by molar-refractivity contribution is 5.92. The molecule has 2 aromatic heterocycles. The van der Waals surface area contributed by atoms with Crippen LogP contribution in [0.5, 0.6) is 5.88 Å². The zero-order valence-corrected chi connectivity index (χ0v) is 14.0. The summed E-state index contributed by atoms with van der Waals surface area (Å²) in [6, 6.07) is 5.66. The quantitative estimate of drug-likeness (QED) is 0.828. The molecule has 0 bridgehead atoms. The molecule has 0 aromatic carbocycles. The van der Waals surface area contributed by atoms with E-state index in [1.807, 2.05) is 18.2 Å². The minimum absolute atomic E-state index is 0.0939. The minimum atomic E-state index is -0.201. The van der Waals surface area contributed by atoms with Gasteiger partial charge in [0.2, 0.25) is 5.88 Å². The highest BCUT2D eigenvalue weighted by Crippen LogP contribution is 2.38. The lowest BCUT2D eigenvalue weighted by molar-refractivity contribution is -0.166. The molecule has 1 amide bonds. The van der Waals surface area contributed by atoms with Gasteiger partial charge in [-0.3, -0.25) is 4.79 Å². The van der Waals surface area contributed by atoms with E-state index in [0.29, 0.717) is 37.2 Å². The molecule has 1 spiro atoms. The first-order valence-electron chi connectivity index (χ1n) is 8.59. The number of oxazole rings is 1. The molecular formula is C18H21N3O4. The van der Waals surface area contributed by atoms with Crippen molar-refractivity contribution < 1.29 is 18.7 Å². The van der Waals surface area contributed by atoms with Crippen LogP contribution in [0.3, 0.4) is 0 Å². The van der Waals surface area contributed by atoms with Crippen LogP contribution in [0.15, 0.2) is 41.5 Å². The van der Waals surface area contributed by atoms with Crippen LogP contribution >= 0.6 is 0 Å². The third kappa shape index (κ3) is 3.51. The van der Waals surface area contributed by atoms with Crippen molar-refractivity contribution in [2.45, 2.75) is 24.9 Å². The lowest BCUT2D eigenvalue weighted by Gasteiger charge is -2.53. The van der Waals surface area contributed by atoms with E-state index in [1.165, 1.54) is 12.7 Å². The van der Waals surface area contributed by atoms with Crippen LogP contribution in [-0.2, 0) is 4.74 Å². The van der Waals surface area contributed by atoms with Gasteiger partial charge < -0.3 is 18.8 Å². The van der Waals surface area contributed by atoms with Crippen molar-refractivity contribution in [3.8, 4) is 5.88 Å². The summed E-state index contributed by atoms with van der Waals surface area (Å²) in [5.41, 5.74) is 0.152. The molecule has 2 aliphatic rings. The number of hydrogen-bond donors (Lipinski definition) is 0. The molecule has 0 saturated carbocycles. The second-order valence-corrected chi connectivity index (χ2v) is 6.73. The number of carbonyl (C=O) groups is 1. The van der Waals surface area contributed by atoms with Crippen LogP contribution in [0.2, 0.25) is 0 Å². The lowest BCUT2D eigenvalue weighted by Crippen LogP contribution is -2.66. The molecule has 2 aliphatic heterocycles. The third-order valence-corrected chi connectivity index (χ3v) is 4.91. The molecule has 2 saturated heterocycles. The van der Waals surface area contributed by atoms with Gasteiger partial charge in [0.1, 0.15) is 11.9 Å². The van der Waals surface area contributed by atoms with Gasteiger partial charge in [0.15, 0.2) is 12.1 Å². The third-order valence-electron chi connectivity index (χ3n) is 4.91. The molecule has 2 fully saturated rings. The fraction of sp³-hybridized carbons (Fsp3) is 0.500. The van der Waals surface area contributed by atoms with Gasteiger partial charge in [-0.1, -0.05) is 6.07 Å². The Morgan fingerprint density at radius 3 is 3.04 bits per heavy atom. The topological polar surface area (TPSA) is 77.7 Å². The standard InChI is InChI=1S/C18H21N3O4/c22-17(15-10-23-13-20-15)21-11-18(12-21)9-14(5-8-25-18)4-7-24-16-3-1-2-6-19-16/h1-3,6,10,13-14H,4-5,7-9,11-12H2/t14-/m1/s1. The molecule has 4 rings (SSSR count). The molecule has 4 heterocycles.